The molecule has 1 aliphatic rings. The predicted molar refractivity (Wildman–Crippen MR) is 66.9 cm³/mol. The monoisotopic (exact) mass is 239 g/mol. The minimum atomic E-state index is 0.453. The Hall–Kier alpha value is -0.830. The zero-order valence-electron chi connectivity index (χ0n) is 9.86. The summed E-state index contributed by atoms with van der Waals surface area (Å²) in [4.78, 5) is 2.24. The van der Waals surface area contributed by atoms with E-state index in [2.05, 4.69) is 29.1 Å². The molecule has 0 radical (unpaired) electrons. The Balaban J connectivity index is 2.11. The summed E-state index contributed by atoms with van der Waals surface area (Å²) in [6, 6.07) is 4.33. The maximum absolute atomic E-state index is 5.74. The normalized spacial score (nSPS) is 25.4. The van der Waals surface area contributed by atoms with Crippen molar-refractivity contribution in [2.45, 2.75) is 38.6 Å². The Kier molecular flexibility index (Phi) is 3.64. The zero-order valence-corrected chi connectivity index (χ0v) is 10.6. The molecular formula is C12H18ClN3. The standard InChI is InChI=1S/C12H18ClN3/c1-9-5-3-4-6-10(9)16(2)12-8-7-11(13)14-15-12/h7-10H,3-6H2,1-2H3. The van der Waals surface area contributed by atoms with Crippen LogP contribution in [-0.4, -0.2) is 23.3 Å². The molecule has 1 aromatic rings. The molecule has 1 fully saturated rings. The Labute approximate surface area is 102 Å². The van der Waals surface area contributed by atoms with E-state index < -0.39 is 0 Å². The van der Waals surface area contributed by atoms with Gasteiger partial charge in [0.1, 0.15) is 0 Å². The molecule has 0 aliphatic heterocycles. The number of aromatic nitrogens is 2. The van der Waals surface area contributed by atoms with Gasteiger partial charge >= 0.3 is 0 Å². The van der Waals surface area contributed by atoms with E-state index in [9.17, 15) is 0 Å². The Bertz CT molecular complexity index is 339. The van der Waals surface area contributed by atoms with Gasteiger partial charge in [-0.15, -0.1) is 10.2 Å². The molecule has 16 heavy (non-hydrogen) atoms. The first-order valence-electron chi connectivity index (χ1n) is 5.90. The minimum absolute atomic E-state index is 0.453. The van der Waals surface area contributed by atoms with Crippen LogP contribution in [0.3, 0.4) is 0 Å². The Morgan fingerprint density at radius 1 is 1.25 bits per heavy atom. The molecule has 2 atom stereocenters. The van der Waals surface area contributed by atoms with Crippen molar-refractivity contribution in [2.24, 2.45) is 5.92 Å². The molecule has 0 aromatic carbocycles. The highest BCUT2D eigenvalue weighted by molar-refractivity contribution is 6.29. The van der Waals surface area contributed by atoms with Gasteiger partial charge in [0.2, 0.25) is 0 Å². The van der Waals surface area contributed by atoms with Gasteiger partial charge in [0.25, 0.3) is 0 Å². The average molecular weight is 240 g/mol. The highest BCUT2D eigenvalue weighted by atomic mass is 35.5. The van der Waals surface area contributed by atoms with Gasteiger partial charge in [-0.3, -0.25) is 0 Å². The predicted octanol–water partition coefficient (Wildman–Crippen LogP) is 3.14. The molecule has 0 N–H and O–H groups in total. The highest BCUT2D eigenvalue weighted by Gasteiger charge is 2.25. The number of halogens is 1. The lowest BCUT2D eigenvalue weighted by Crippen LogP contribution is -2.39. The third-order valence-corrected chi connectivity index (χ3v) is 3.74. The summed E-state index contributed by atoms with van der Waals surface area (Å²) in [5, 5.41) is 8.48. The van der Waals surface area contributed by atoms with E-state index in [-0.39, 0.29) is 0 Å². The van der Waals surface area contributed by atoms with Gasteiger partial charge in [0, 0.05) is 13.1 Å². The van der Waals surface area contributed by atoms with Crippen molar-refractivity contribution in [2.75, 3.05) is 11.9 Å². The summed E-state index contributed by atoms with van der Waals surface area (Å²) in [5.41, 5.74) is 0. The summed E-state index contributed by atoms with van der Waals surface area (Å²) in [6.45, 7) is 2.32. The van der Waals surface area contributed by atoms with E-state index in [0.29, 0.717) is 11.2 Å². The van der Waals surface area contributed by atoms with E-state index >= 15 is 0 Å². The van der Waals surface area contributed by atoms with Gasteiger partial charge < -0.3 is 4.90 Å². The van der Waals surface area contributed by atoms with Crippen molar-refractivity contribution in [1.82, 2.24) is 10.2 Å². The van der Waals surface area contributed by atoms with Crippen molar-refractivity contribution >= 4 is 17.4 Å². The van der Waals surface area contributed by atoms with E-state index in [0.717, 1.165) is 11.7 Å². The van der Waals surface area contributed by atoms with Gasteiger partial charge in [-0.25, -0.2) is 0 Å². The second-order valence-corrected chi connectivity index (χ2v) is 5.04. The molecule has 1 saturated carbocycles. The molecule has 1 heterocycles. The molecule has 1 aromatic heterocycles. The number of hydrogen-bond acceptors (Lipinski definition) is 3. The average Bonchev–Trinajstić information content (AvgIpc) is 2.30. The lowest BCUT2D eigenvalue weighted by atomic mass is 9.85. The molecule has 88 valence electrons. The second-order valence-electron chi connectivity index (χ2n) is 4.65. The first kappa shape index (κ1) is 11.6. The zero-order chi connectivity index (χ0) is 11.5. The fourth-order valence-electron chi connectivity index (χ4n) is 2.54. The number of anilines is 1. The summed E-state index contributed by atoms with van der Waals surface area (Å²) in [7, 11) is 2.10. The highest BCUT2D eigenvalue weighted by Crippen LogP contribution is 2.29. The van der Waals surface area contributed by atoms with E-state index in [1.54, 1.807) is 6.07 Å². The van der Waals surface area contributed by atoms with Crippen LogP contribution in [0.5, 0.6) is 0 Å². The topological polar surface area (TPSA) is 29.0 Å². The van der Waals surface area contributed by atoms with Crippen LogP contribution in [0, 0.1) is 5.92 Å². The third-order valence-electron chi connectivity index (χ3n) is 3.54. The number of nitrogens with zero attached hydrogens (tertiary/aromatic N) is 3. The summed E-state index contributed by atoms with van der Waals surface area (Å²) in [5.74, 6) is 1.65. The molecule has 0 saturated heterocycles. The summed E-state index contributed by atoms with van der Waals surface area (Å²) in [6.07, 6.45) is 5.25. The minimum Gasteiger partial charge on any atom is -0.355 e. The van der Waals surface area contributed by atoms with Gasteiger partial charge in [-0.1, -0.05) is 31.4 Å². The van der Waals surface area contributed by atoms with Crippen LogP contribution in [0.2, 0.25) is 5.15 Å². The molecule has 0 amide bonds. The van der Waals surface area contributed by atoms with Crippen LogP contribution in [0.4, 0.5) is 5.82 Å². The van der Waals surface area contributed by atoms with Crippen LogP contribution in [-0.2, 0) is 0 Å². The maximum Gasteiger partial charge on any atom is 0.151 e. The number of hydrogen-bond donors (Lipinski definition) is 0. The van der Waals surface area contributed by atoms with Crippen LogP contribution in [0.15, 0.2) is 12.1 Å². The van der Waals surface area contributed by atoms with E-state index in [1.165, 1.54) is 25.7 Å². The molecule has 4 heteroatoms. The summed E-state index contributed by atoms with van der Waals surface area (Å²) >= 11 is 5.74. The Morgan fingerprint density at radius 2 is 2.00 bits per heavy atom. The van der Waals surface area contributed by atoms with Crippen LogP contribution in [0.1, 0.15) is 32.6 Å². The first-order chi connectivity index (χ1) is 7.68. The van der Waals surface area contributed by atoms with E-state index in [4.69, 9.17) is 11.6 Å². The Morgan fingerprint density at radius 3 is 2.62 bits per heavy atom. The molecule has 0 bridgehead atoms. The largest absolute Gasteiger partial charge is 0.355 e. The van der Waals surface area contributed by atoms with Crippen LogP contribution < -0.4 is 4.90 Å². The maximum atomic E-state index is 5.74. The molecule has 1 aliphatic carbocycles. The fourth-order valence-corrected chi connectivity index (χ4v) is 2.64. The lowest BCUT2D eigenvalue weighted by Gasteiger charge is -2.36. The lowest BCUT2D eigenvalue weighted by molar-refractivity contribution is 0.320. The van der Waals surface area contributed by atoms with Gasteiger partial charge in [0.15, 0.2) is 11.0 Å². The molecule has 0 spiro atoms. The van der Waals surface area contributed by atoms with Crippen molar-refractivity contribution in [1.29, 1.82) is 0 Å². The summed E-state index contributed by atoms with van der Waals surface area (Å²) < 4.78 is 0. The van der Waals surface area contributed by atoms with Crippen molar-refractivity contribution in [3.05, 3.63) is 17.3 Å². The van der Waals surface area contributed by atoms with Gasteiger partial charge in [-0.05, 0) is 30.9 Å². The molecule has 2 unspecified atom stereocenters. The fraction of sp³-hybridized carbons (Fsp3) is 0.667. The number of rotatable bonds is 2. The van der Waals surface area contributed by atoms with Gasteiger partial charge in [-0.2, -0.15) is 0 Å². The van der Waals surface area contributed by atoms with Crippen molar-refractivity contribution in [3.63, 3.8) is 0 Å². The van der Waals surface area contributed by atoms with Crippen LogP contribution in [0.25, 0.3) is 0 Å². The quantitative estimate of drug-likeness (QED) is 0.794. The van der Waals surface area contributed by atoms with Crippen molar-refractivity contribution in [3.8, 4) is 0 Å². The van der Waals surface area contributed by atoms with Crippen molar-refractivity contribution < 1.29 is 0 Å². The SMILES string of the molecule is CC1CCCCC1N(C)c1ccc(Cl)nn1. The molecular weight excluding hydrogens is 222 g/mol. The molecule has 2 rings (SSSR count). The van der Waals surface area contributed by atoms with E-state index in [1.807, 2.05) is 6.07 Å². The third kappa shape index (κ3) is 2.46. The molecule has 3 nitrogen and oxygen atoms in total. The smallest absolute Gasteiger partial charge is 0.151 e. The van der Waals surface area contributed by atoms with Gasteiger partial charge in [0.05, 0.1) is 0 Å². The second kappa shape index (κ2) is 5.00. The first-order valence-corrected chi connectivity index (χ1v) is 6.28. The van der Waals surface area contributed by atoms with Crippen LogP contribution >= 0.6 is 11.6 Å².